The van der Waals surface area contributed by atoms with E-state index in [0.29, 0.717) is 30.4 Å². The standard InChI is InChI=1S/C18H24N2O5S/c1-3-6-20-7-5-12-14(10-20)26-17(15(12)18(22)24-4-2)19-16(21)13-11-23-8-9-25-13/h11H,3-10H2,1-2H3,(H,19,21)/p+1. The maximum Gasteiger partial charge on any atom is 0.341 e. The molecule has 0 saturated heterocycles. The third kappa shape index (κ3) is 4.02. The van der Waals surface area contributed by atoms with Crippen molar-refractivity contribution in [2.45, 2.75) is 33.2 Å². The zero-order valence-corrected chi connectivity index (χ0v) is 16.0. The lowest BCUT2D eigenvalue weighted by molar-refractivity contribution is -0.915. The lowest BCUT2D eigenvalue weighted by atomic mass is 10.0. The SMILES string of the molecule is CCC[NH+]1CCc2c(sc(NC(=O)C3=COCCO3)c2C(=O)OCC)C1. The van der Waals surface area contributed by atoms with E-state index in [1.807, 2.05) is 0 Å². The highest BCUT2D eigenvalue weighted by atomic mass is 32.1. The number of fused-ring (bicyclic) bond motifs is 1. The Balaban J connectivity index is 1.87. The van der Waals surface area contributed by atoms with Gasteiger partial charge in [0.05, 0.1) is 30.1 Å². The van der Waals surface area contributed by atoms with Crippen LogP contribution in [0.2, 0.25) is 0 Å². The van der Waals surface area contributed by atoms with Crippen molar-refractivity contribution < 1.29 is 28.7 Å². The average Bonchev–Trinajstić information content (AvgIpc) is 3.00. The number of amides is 1. The van der Waals surface area contributed by atoms with E-state index < -0.39 is 5.91 Å². The molecule has 0 aromatic carbocycles. The second-order valence-corrected chi connectivity index (χ2v) is 7.37. The third-order valence-corrected chi connectivity index (χ3v) is 5.56. The van der Waals surface area contributed by atoms with E-state index in [-0.39, 0.29) is 11.7 Å². The first-order chi connectivity index (χ1) is 12.6. The Labute approximate surface area is 156 Å². The molecule has 1 atom stereocenters. The molecule has 0 radical (unpaired) electrons. The number of esters is 1. The summed E-state index contributed by atoms with van der Waals surface area (Å²) in [6, 6.07) is 0. The lowest BCUT2D eigenvalue weighted by Crippen LogP contribution is -3.11. The van der Waals surface area contributed by atoms with Crippen LogP contribution in [0.3, 0.4) is 0 Å². The van der Waals surface area contributed by atoms with E-state index in [4.69, 9.17) is 14.2 Å². The van der Waals surface area contributed by atoms with E-state index in [2.05, 4.69) is 12.2 Å². The molecule has 7 nitrogen and oxygen atoms in total. The zero-order chi connectivity index (χ0) is 18.5. The van der Waals surface area contributed by atoms with Gasteiger partial charge < -0.3 is 24.4 Å². The van der Waals surface area contributed by atoms with Crippen molar-refractivity contribution in [2.75, 3.05) is 38.2 Å². The lowest BCUT2D eigenvalue weighted by Gasteiger charge is -2.23. The maximum absolute atomic E-state index is 12.5. The molecule has 2 aliphatic rings. The van der Waals surface area contributed by atoms with E-state index in [9.17, 15) is 9.59 Å². The predicted octanol–water partition coefficient (Wildman–Crippen LogP) is 1.10. The largest absolute Gasteiger partial charge is 0.494 e. The molecule has 0 bridgehead atoms. The van der Waals surface area contributed by atoms with Crippen molar-refractivity contribution in [3.8, 4) is 0 Å². The number of ether oxygens (including phenoxy) is 3. The molecule has 2 N–H and O–H groups in total. The van der Waals surface area contributed by atoms with E-state index in [1.165, 1.54) is 22.5 Å². The van der Waals surface area contributed by atoms with Crippen LogP contribution in [0.25, 0.3) is 0 Å². The Morgan fingerprint density at radius 3 is 2.88 bits per heavy atom. The van der Waals surface area contributed by atoms with E-state index in [0.717, 1.165) is 42.9 Å². The molecule has 142 valence electrons. The second-order valence-electron chi connectivity index (χ2n) is 6.26. The molecule has 1 aromatic rings. The summed E-state index contributed by atoms with van der Waals surface area (Å²) in [7, 11) is 0. The number of rotatable bonds is 6. The summed E-state index contributed by atoms with van der Waals surface area (Å²) in [6.45, 7) is 7.97. The van der Waals surface area contributed by atoms with Crippen molar-refractivity contribution in [2.24, 2.45) is 0 Å². The molecule has 3 rings (SSSR count). The summed E-state index contributed by atoms with van der Waals surface area (Å²) in [5.74, 6) is -0.670. The monoisotopic (exact) mass is 381 g/mol. The van der Waals surface area contributed by atoms with Crippen molar-refractivity contribution in [1.29, 1.82) is 0 Å². The van der Waals surface area contributed by atoms with E-state index in [1.54, 1.807) is 6.92 Å². The number of carbonyl (C=O) groups is 2. The molecular formula is C18H25N2O5S+. The first-order valence-corrected chi connectivity index (χ1v) is 9.86. The topological polar surface area (TPSA) is 78.3 Å². The Hall–Kier alpha value is -2.06. The molecule has 0 spiro atoms. The number of hydrogen-bond donors (Lipinski definition) is 2. The quantitative estimate of drug-likeness (QED) is 0.722. The molecule has 3 heterocycles. The van der Waals surface area contributed by atoms with Gasteiger partial charge in [-0.2, -0.15) is 0 Å². The summed E-state index contributed by atoms with van der Waals surface area (Å²) >= 11 is 1.46. The number of carbonyl (C=O) groups excluding carboxylic acids is 2. The van der Waals surface area contributed by atoms with Crippen molar-refractivity contribution in [3.63, 3.8) is 0 Å². The average molecular weight is 381 g/mol. The Bertz CT molecular complexity index is 713. The number of quaternary nitrogens is 1. The van der Waals surface area contributed by atoms with Gasteiger partial charge in [-0.15, -0.1) is 11.3 Å². The van der Waals surface area contributed by atoms with Crippen LogP contribution in [0.1, 0.15) is 41.1 Å². The molecule has 2 aliphatic heterocycles. The smallest absolute Gasteiger partial charge is 0.341 e. The minimum atomic E-state index is -0.411. The van der Waals surface area contributed by atoms with Gasteiger partial charge in [-0.05, 0) is 18.9 Å². The van der Waals surface area contributed by atoms with Gasteiger partial charge in [-0.25, -0.2) is 4.79 Å². The number of thiophene rings is 1. The highest BCUT2D eigenvalue weighted by molar-refractivity contribution is 7.17. The predicted molar refractivity (Wildman–Crippen MR) is 97.3 cm³/mol. The molecule has 0 saturated carbocycles. The molecule has 0 fully saturated rings. The molecule has 8 heteroatoms. The van der Waals surface area contributed by atoms with Crippen LogP contribution >= 0.6 is 11.3 Å². The zero-order valence-electron chi connectivity index (χ0n) is 15.2. The molecule has 1 unspecified atom stereocenters. The Kier molecular flexibility index (Phi) is 6.16. The van der Waals surface area contributed by atoms with Gasteiger partial charge >= 0.3 is 5.97 Å². The molecular weight excluding hydrogens is 356 g/mol. The second kappa shape index (κ2) is 8.55. The minimum absolute atomic E-state index is 0.121. The summed E-state index contributed by atoms with van der Waals surface area (Å²) < 4.78 is 15.7. The van der Waals surface area contributed by atoms with Crippen molar-refractivity contribution in [3.05, 3.63) is 28.0 Å². The summed E-state index contributed by atoms with van der Waals surface area (Å²) in [4.78, 5) is 27.6. The van der Waals surface area contributed by atoms with Gasteiger partial charge in [0.25, 0.3) is 5.91 Å². The number of hydrogen-bond acceptors (Lipinski definition) is 6. The highest BCUT2D eigenvalue weighted by Crippen LogP contribution is 2.35. The molecule has 26 heavy (non-hydrogen) atoms. The molecule has 0 aliphatic carbocycles. The fraction of sp³-hybridized carbons (Fsp3) is 0.556. The fourth-order valence-electron chi connectivity index (χ4n) is 3.26. The minimum Gasteiger partial charge on any atom is -0.494 e. The number of anilines is 1. The normalized spacial score (nSPS) is 18.8. The van der Waals surface area contributed by atoms with Gasteiger partial charge in [0.2, 0.25) is 5.76 Å². The van der Waals surface area contributed by atoms with Crippen LogP contribution in [0.4, 0.5) is 5.00 Å². The van der Waals surface area contributed by atoms with Crippen LogP contribution < -0.4 is 10.2 Å². The summed E-state index contributed by atoms with van der Waals surface area (Å²) in [5.41, 5.74) is 1.51. The van der Waals surface area contributed by atoms with Gasteiger partial charge in [0.1, 0.15) is 31.0 Å². The van der Waals surface area contributed by atoms with Gasteiger partial charge in [-0.3, -0.25) is 4.79 Å². The highest BCUT2D eigenvalue weighted by Gasteiger charge is 2.31. The van der Waals surface area contributed by atoms with Crippen LogP contribution in [0.15, 0.2) is 12.0 Å². The van der Waals surface area contributed by atoms with Crippen LogP contribution in [-0.2, 0) is 32.0 Å². The first kappa shape index (κ1) is 18.7. The Morgan fingerprint density at radius 1 is 1.35 bits per heavy atom. The van der Waals surface area contributed by atoms with Crippen LogP contribution in [0, 0.1) is 0 Å². The van der Waals surface area contributed by atoms with E-state index >= 15 is 0 Å². The molecule has 1 amide bonds. The van der Waals surface area contributed by atoms with Gasteiger partial charge in [0, 0.05) is 6.42 Å². The fourth-order valence-corrected chi connectivity index (χ4v) is 4.57. The summed E-state index contributed by atoms with van der Waals surface area (Å²) in [6.07, 6.45) is 3.24. The number of nitrogens with one attached hydrogen (secondary N) is 2. The van der Waals surface area contributed by atoms with Crippen molar-refractivity contribution in [1.82, 2.24) is 0 Å². The van der Waals surface area contributed by atoms with Crippen molar-refractivity contribution >= 4 is 28.2 Å². The first-order valence-electron chi connectivity index (χ1n) is 9.05. The molecule has 1 aromatic heterocycles. The maximum atomic E-state index is 12.5. The summed E-state index contributed by atoms with van der Waals surface area (Å²) in [5, 5.41) is 3.35. The van der Waals surface area contributed by atoms with Crippen LogP contribution in [-0.4, -0.2) is 44.8 Å². The van der Waals surface area contributed by atoms with Crippen LogP contribution in [0.5, 0.6) is 0 Å². The Morgan fingerprint density at radius 2 is 2.19 bits per heavy atom. The van der Waals surface area contributed by atoms with Gasteiger partial charge in [-0.1, -0.05) is 6.92 Å². The van der Waals surface area contributed by atoms with Gasteiger partial charge in [0.15, 0.2) is 0 Å². The third-order valence-electron chi connectivity index (χ3n) is 4.41.